The second-order valence-corrected chi connectivity index (χ2v) is 6.74. The average Bonchev–Trinajstić information content (AvgIpc) is 3.24. The lowest BCUT2D eigenvalue weighted by Gasteiger charge is -2.21. The van der Waals surface area contributed by atoms with Crippen LogP contribution in [0, 0.1) is 13.8 Å². The first-order valence-electron chi connectivity index (χ1n) is 9.28. The number of nitrogens with one attached hydrogen (secondary N) is 2. The van der Waals surface area contributed by atoms with E-state index in [1.54, 1.807) is 12.1 Å². The van der Waals surface area contributed by atoms with Gasteiger partial charge >= 0.3 is 0 Å². The van der Waals surface area contributed by atoms with E-state index in [2.05, 4.69) is 36.6 Å². The molecule has 0 saturated heterocycles. The van der Waals surface area contributed by atoms with E-state index in [-0.39, 0.29) is 36.6 Å². The summed E-state index contributed by atoms with van der Waals surface area (Å²) in [7, 11) is 0. The van der Waals surface area contributed by atoms with Crippen molar-refractivity contribution in [3.8, 4) is 0 Å². The SMILES string of the molecule is Cc1ccc([C@@H](NC(=O)CCNC(=O)c2ccco2)c2ccccc2)cc1C. The summed E-state index contributed by atoms with van der Waals surface area (Å²) in [5.41, 5.74) is 4.43. The molecule has 144 valence electrons. The van der Waals surface area contributed by atoms with Crippen molar-refractivity contribution in [2.75, 3.05) is 6.54 Å². The van der Waals surface area contributed by atoms with E-state index in [0.29, 0.717) is 0 Å². The van der Waals surface area contributed by atoms with Gasteiger partial charge in [0, 0.05) is 13.0 Å². The summed E-state index contributed by atoms with van der Waals surface area (Å²) in [5.74, 6) is -0.226. The minimum atomic E-state index is -0.327. The van der Waals surface area contributed by atoms with Crippen LogP contribution in [0.5, 0.6) is 0 Å². The van der Waals surface area contributed by atoms with E-state index in [4.69, 9.17) is 4.42 Å². The molecule has 0 aliphatic rings. The van der Waals surface area contributed by atoms with Gasteiger partial charge in [-0.15, -0.1) is 0 Å². The van der Waals surface area contributed by atoms with E-state index in [1.807, 2.05) is 36.4 Å². The lowest BCUT2D eigenvalue weighted by molar-refractivity contribution is -0.121. The van der Waals surface area contributed by atoms with Crippen molar-refractivity contribution >= 4 is 11.8 Å². The first kappa shape index (κ1) is 19.4. The first-order chi connectivity index (χ1) is 13.5. The van der Waals surface area contributed by atoms with Crippen molar-refractivity contribution in [2.45, 2.75) is 26.3 Å². The van der Waals surface area contributed by atoms with E-state index in [1.165, 1.54) is 17.4 Å². The highest BCUT2D eigenvalue weighted by atomic mass is 16.3. The Hall–Kier alpha value is -3.34. The Balaban J connectivity index is 1.66. The van der Waals surface area contributed by atoms with Gasteiger partial charge in [-0.2, -0.15) is 0 Å². The van der Waals surface area contributed by atoms with E-state index >= 15 is 0 Å². The zero-order valence-corrected chi connectivity index (χ0v) is 16.1. The van der Waals surface area contributed by atoms with E-state index < -0.39 is 0 Å². The van der Waals surface area contributed by atoms with Gasteiger partial charge in [-0.1, -0.05) is 48.5 Å². The van der Waals surface area contributed by atoms with Crippen LogP contribution in [0.3, 0.4) is 0 Å². The molecule has 0 saturated carbocycles. The highest BCUT2D eigenvalue weighted by Gasteiger charge is 2.17. The molecule has 5 heteroatoms. The van der Waals surface area contributed by atoms with Gasteiger partial charge < -0.3 is 15.1 Å². The standard InChI is InChI=1S/C23H24N2O3/c1-16-10-11-19(15-17(16)2)22(18-7-4-3-5-8-18)25-21(26)12-13-24-23(27)20-9-6-14-28-20/h3-11,14-15,22H,12-13H2,1-2H3,(H,24,27)(H,25,26)/t22-/m0/s1. The molecule has 1 aromatic heterocycles. The second-order valence-electron chi connectivity index (χ2n) is 6.74. The summed E-state index contributed by atoms with van der Waals surface area (Å²) in [5, 5.41) is 5.78. The molecule has 0 aliphatic carbocycles. The molecule has 28 heavy (non-hydrogen) atoms. The Morgan fingerprint density at radius 2 is 1.71 bits per heavy atom. The molecule has 0 bridgehead atoms. The molecule has 1 heterocycles. The molecule has 1 atom stereocenters. The number of benzene rings is 2. The normalized spacial score (nSPS) is 11.6. The van der Waals surface area contributed by atoms with Gasteiger partial charge in [0.1, 0.15) is 0 Å². The third kappa shape index (κ3) is 4.88. The van der Waals surface area contributed by atoms with Crippen LogP contribution in [0.25, 0.3) is 0 Å². The molecule has 2 amide bonds. The van der Waals surface area contributed by atoms with Crippen LogP contribution in [0.15, 0.2) is 71.3 Å². The van der Waals surface area contributed by atoms with Gasteiger partial charge in [0.15, 0.2) is 5.76 Å². The maximum atomic E-state index is 12.5. The fraction of sp³-hybridized carbons (Fsp3) is 0.217. The number of aryl methyl sites for hydroxylation is 2. The summed E-state index contributed by atoms with van der Waals surface area (Å²) in [4.78, 5) is 24.4. The molecule has 2 aromatic carbocycles. The summed E-state index contributed by atoms with van der Waals surface area (Å²) >= 11 is 0. The first-order valence-corrected chi connectivity index (χ1v) is 9.28. The number of amides is 2. The van der Waals surface area contributed by atoms with Gasteiger partial charge in [0.25, 0.3) is 5.91 Å². The second kappa shape index (κ2) is 9.04. The monoisotopic (exact) mass is 376 g/mol. The molecule has 5 nitrogen and oxygen atoms in total. The molecular weight excluding hydrogens is 352 g/mol. The summed E-state index contributed by atoms with van der Waals surface area (Å²) in [6.45, 7) is 4.36. The van der Waals surface area contributed by atoms with Crippen LogP contribution >= 0.6 is 0 Å². The fourth-order valence-electron chi connectivity index (χ4n) is 2.97. The predicted octanol–water partition coefficient (Wildman–Crippen LogP) is 3.92. The van der Waals surface area contributed by atoms with Crippen molar-refractivity contribution < 1.29 is 14.0 Å². The van der Waals surface area contributed by atoms with Gasteiger partial charge in [0.2, 0.25) is 5.91 Å². The summed E-state index contributed by atoms with van der Waals surface area (Å²) < 4.78 is 5.04. The molecular formula is C23H24N2O3. The molecule has 0 fully saturated rings. The Kier molecular flexibility index (Phi) is 6.27. The van der Waals surface area contributed by atoms with Crippen molar-refractivity contribution in [3.63, 3.8) is 0 Å². The molecule has 3 rings (SSSR count). The third-order valence-electron chi connectivity index (χ3n) is 4.69. The van der Waals surface area contributed by atoms with Crippen LogP contribution < -0.4 is 10.6 Å². The average molecular weight is 376 g/mol. The molecule has 0 radical (unpaired) electrons. The van der Waals surface area contributed by atoms with Gasteiger partial charge in [-0.25, -0.2) is 0 Å². The number of hydrogen-bond donors (Lipinski definition) is 2. The molecule has 0 spiro atoms. The highest BCUT2D eigenvalue weighted by molar-refractivity contribution is 5.91. The topological polar surface area (TPSA) is 71.3 Å². The quantitative estimate of drug-likeness (QED) is 0.656. The van der Waals surface area contributed by atoms with Crippen molar-refractivity contribution in [1.29, 1.82) is 0 Å². The number of carbonyl (C=O) groups excluding carboxylic acids is 2. The van der Waals surface area contributed by atoms with E-state index in [0.717, 1.165) is 11.1 Å². The number of carbonyl (C=O) groups is 2. The number of furan rings is 1. The summed E-state index contributed by atoms with van der Waals surface area (Å²) in [6, 6.07) is 19.1. The minimum Gasteiger partial charge on any atom is -0.459 e. The Bertz CT molecular complexity index is 934. The Labute approximate surface area is 164 Å². The zero-order valence-electron chi connectivity index (χ0n) is 16.1. The maximum Gasteiger partial charge on any atom is 0.286 e. The largest absolute Gasteiger partial charge is 0.459 e. The summed E-state index contributed by atoms with van der Waals surface area (Å²) in [6.07, 6.45) is 1.62. The van der Waals surface area contributed by atoms with E-state index in [9.17, 15) is 9.59 Å². The molecule has 3 aromatic rings. The Morgan fingerprint density at radius 1 is 0.929 bits per heavy atom. The third-order valence-corrected chi connectivity index (χ3v) is 4.69. The van der Waals surface area contributed by atoms with Crippen molar-refractivity contribution in [1.82, 2.24) is 10.6 Å². The molecule has 2 N–H and O–H groups in total. The number of hydrogen-bond acceptors (Lipinski definition) is 3. The van der Waals surface area contributed by atoms with Crippen molar-refractivity contribution in [3.05, 3.63) is 94.9 Å². The van der Waals surface area contributed by atoms with Gasteiger partial charge in [-0.05, 0) is 48.2 Å². The zero-order chi connectivity index (χ0) is 19.9. The Morgan fingerprint density at radius 3 is 2.39 bits per heavy atom. The maximum absolute atomic E-state index is 12.5. The van der Waals surface area contributed by atoms with Gasteiger partial charge in [-0.3, -0.25) is 9.59 Å². The van der Waals surface area contributed by atoms with Crippen LogP contribution in [0.2, 0.25) is 0 Å². The van der Waals surface area contributed by atoms with Crippen LogP contribution in [-0.4, -0.2) is 18.4 Å². The molecule has 0 aliphatic heterocycles. The highest BCUT2D eigenvalue weighted by Crippen LogP contribution is 2.24. The smallest absolute Gasteiger partial charge is 0.286 e. The van der Waals surface area contributed by atoms with Crippen LogP contribution in [-0.2, 0) is 4.79 Å². The predicted molar refractivity (Wildman–Crippen MR) is 108 cm³/mol. The fourth-order valence-corrected chi connectivity index (χ4v) is 2.97. The lowest BCUT2D eigenvalue weighted by atomic mass is 9.95. The van der Waals surface area contributed by atoms with Crippen LogP contribution in [0.1, 0.15) is 45.3 Å². The van der Waals surface area contributed by atoms with Gasteiger partial charge in [0.05, 0.1) is 12.3 Å². The lowest BCUT2D eigenvalue weighted by Crippen LogP contribution is -2.33. The minimum absolute atomic E-state index is 0.133. The van der Waals surface area contributed by atoms with Crippen molar-refractivity contribution in [2.24, 2.45) is 0 Å². The molecule has 0 unspecified atom stereocenters. The van der Waals surface area contributed by atoms with Crippen LogP contribution in [0.4, 0.5) is 0 Å². The number of rotatable bonds is 7.